The molecule has 0 saturated heterocycles. The minimum atomic E-state index is -1.09. The average Bonchev–Trinajstić information content (AvgIpc) is 1.38. The van der Waals surface area contributed by atoms with Gasteiger partial charge in [0.05, 0.1) is 0 Å². The fourth-order valence-corrected chi connectivity index (χ4v) is 0. The maximum Gasteiger partial charge on any atom is 3.00 e. The van der Waals surface area contributed by atoms with Crippen LogP contribution in [0.3, 0.4) is 0 Å². The summed E-state index contributed by atoms with van der Waals surface area (Å²) >= 11 is 0. The first-order valence-electron chi connectivity index (χ1n) is 1.05. The third-order valence-corrected chi connectivity index (χ3v) is 0.143. The molecule has 0 aliphatic rings. The number of hydrogen-bond donors (Lipinski definition) is 2. The Labute approximate surface area is 59.2 Å². The molecule has 0 aromatic rings. The van der Waals surface area contributed by atoms with Gasteiger partial charge in [-0.25, -0.2) is 6.54 Å². The number of rotatable bonds is 1. The van der Waals surface area contributed by atoms with Crippen molar-refractivity contribution in [2.45, 2.75) is 0 Å². The van der Waals surface area contributed by atoms with Gasteiger partial charge in [-0.2, -0.15) is 0 Å². The minimum Gasteiger partial charge on any atom is -0.693 e. The fourth-order valence-electron chi connectivity index (χ4n) is 0. The van der Waals surface area contributed by atoms with E-state index in [1.807, 2.05) is 0 Å². The largest absolute Gasteiger partial charge is 3.00 e. The molecule has 0 unspecified atom stereocenters. The van der Waals surface area contributed by atoms with Gasteiger partial charge < -0.3 is 24.4 Å². The van der Waals surface area contributed by atoms with Crippen LogP contribution in [0, 0.1) is 14.0 Å². The molecule has 0 atom stereocenters. The summed E-state index contributed by atoms with van der Waals surface area (Å²) in [5.41, 5.74) is 4.45. The van der Waals surface area contributed by atoms with E-state index in [0.717, 1.165) is 0 Å². The molecule has 0 rings (SSSR count). The zero-order valence-corrected chi connectivity index (χ0v) is 5.46. The number of nitrogens with two attached hydrogens (primary N) is 2. The van der Waals surface area contributed by atoms with Gasteiger partial charge in [0.25, 0.3) is 0 Å². The molecule has 0 amide bonds. The number of carbonyl (C=O) groups is 1. The topological polar surface area (TPSA) is 96.8 Å². The van der Waals surface area contributed by atoms with Gasteiger partial charge in [-0.1, -0.05) is 0 Å². The summed E-state index contributed by atoms with van der Waals surface area (Å²) in [5, 5.41) is 7.54. The number of carboxylic acid groups (broad SMARTS) is 1. The van der Waals surface area contributed by atoms with Crippen molar-refractivity contribution in [3.8, 4) is 0 Å². The van der Waals surface area contributed by atoms with Crippen LogP contribution in [0.25, 0.3) is 6.15 Å². The first-order valence-corrected chi connectivity index (χ1v) is 1.05. The third kappa shape index (κ3) is 42.0. The van der Waals surface area contributed by atoms with Crippen molar-refractivity contribution in [1.82, 2.24) is 0 Å². The predicted octanol–water partition coefficient (Wildman–Crippen LogP) is 0.356. The standard InChI is InChI=1S/C2H4NO2.CH3.Co.H2N/c3-1-2(4)5;;;/h1H,3H2,(H,4,5);1H3;;1H2/q2*-1;+3;-1. The molecule has 0 fully saturated rings. The first-order chi connectivity index (χ1) is 2.27. The van der Waals surface area contributed by atoms with Crippen LogP contribution in [-0.2, 0) is 21.6 Å². The van der Waals surface area contributed by atoms with Crippen LogP contribution >= 0.6 is 0 Å². The Balaban J connectivity index is -0.0000000267. The molecule has 5 N–H and O–H groups in total. The van der Waals surface area contributed by atoms with Crippen molar-refractivity contribution in [2.75, 3.05) is 0 Å². The van der Waals surface area contributed by atoms with Gasteiger partial charge in [0.1, 0.15) is 0 Å². The normalized spacial score (nSPS) is 4.12. The van der Waals surface area contributed by atoms with Crippen LogP contribution in [0.1, 0.15) is 0 Å². The van der Waals surface area contributed by atoms with Crippen molar-refractivity contribution < 1.29 is 26.7 Å². The van der Waals surface area contributed by atoms with E-state index in [1.54, 1.807) is 0 Å². The summed E-state index contributed by atoms with van der Waals surface area (Å²) in [5.74, 6) is -1.09. The molecule has 5 heteroatoms. The Morgan fingerprint density at radius 3 is 1.75 bits per heavy atom. The quantitative estimate of drug-likeness (QED) is 0.547. The maximum absolute atomic E-state index is 9.19. The molecule has 0 aromatic heterocycles. The van der Waals surface area contributed by atoms with E-state index in [1.165, 1.54) is 0 Å². The SMILES string of the molecule is N[CH-]C(=O)O.[CH3-].[Co+3].[NH2-]. The Morgan fingerprint density at radius 1 is 1.62 bits per heavy atom. The van der Waals surface area contributed by atoms with E-state index in [4.69, 9.17) is 5.11 Å². The molecule has 0 saturated carbocycles. The van der Waals surface area contributed by atoms with Gasteiger partial charge >= 0.3 is 16.8 Å². The molecule has 0 radical (unpaired) electrons. The molecule has 0 aliphatic heterocycles. The molecule has 8 heavy (non-hydrogen) atoms. The molecule has 0 aromatic carbocycles. The Morgan fingerprint density at radius 2 is 1.75 bits per heavy atom. The minimum absolute atomic E-state index is 0. The van der Waals surface area contributed by atoms with E-state index < -0.39 is 5.97 Å². The summed E-state index contributed by atoms with van der Waals surface area (Å²) in [7, 11) is 0. The summed E-state index contributed by atoms with van der Waals surface area (Å²) < 4.78 is 0. The van der Waals surface area contributed by atoms with Crippen LogP contribution in [0.5, 0.6) is 0 Å². The molecule has 0 aliphatic carbocycles. The van der Waals surface area contributed by atoms with Gasteiger partial charge in [0, 0.05) is 0 Å². The van der Waals surface area contributed by atoms with Gasteiger partial charge in [-0.15, -0.1) is 0 Å². The number of aliphatic carboxylic acids is 1. The third-order valence-electron chi connectivity index (χ3n) is 0.143. The fraction of sp³-hybridized carbons (Fsp3) is 0. The van der Waals surface area contributed by atoms with Crippen molar-refractivity contribution in [3.05, 3.63) is 20.1 Å². The molecular formula is C3H9CoN2O2. The van der Waals surface area contributed by atoms with E-state index in [-0.39, 0.29) is 30.4 Å². The summed E-state index contributed by atoms with van der Waals surface area (Å²) in [6.07, 6.45) is 0. The monoisotopic (exact) mass is 164 g/mol. The zero-order valence-electron chi connectivity index (χ0n) is 4.42. The van der Waals surface area contributed by atoms with Gasteiger partial charge in [0.15, 0.2) is 5.97 Å². The second kappa shape index (κ2) is 15.9. The van der Waals surface area contributed by atoms with E-state index in [2.05, 4.69) is 5.73 Å². The molecule has 0 bridgehead atoms. The summed E-state index contributed by atoms with van der Waals surface area (Å²) in [6.45, 7) is 0.583. The van der Waals surface area contributed by atoms with Crippen molar-refractivity contribution in [1.29, 1.82) is 0 Å². The van der Waals surface area contributed by atoms with Crippen molar-refractivity contribution >= 4 is 5.97 Å². The smallest absolute Gasteiger partial charge is 0.693 e. The Kier molecular flexibility index (Phi) is 49.7. The summed E-state index contributed by atoms with van der Waals surface area (Å²) in [6, 6.07) is 0. The van der Waals surface area contributed by atoms with E-state index in [9.17, 15) is 4.79 Å². The van der Waals surface area contributed by atoms with E-state index >= 15 is 0 Å². The summed E-state index contributed by atoms with van der Waals surface area (Å²) in [4.78, 5) is 9.19. The molecule has 52 valence electrons. The van der Waals surface area contributed by atoms with Crippen LogP contribution in [0.15, 0.2) is 0 Å². The van der Waals surface area contributed by atoms with Crippen molar-refractivity contribution in [2.24, 2.45) is 5.73 Å². The molecule has 0 spiro atoms. The second-order valence-electron chi connectivity index (χ2n) is 0.505. The van der Waals surface area contributed by atoms with Gasteiger partial charge in [0.2, 0.25) is 0 Å². The molecular weight excluding hydrogens is 155 g/mol. The van der Waals surface area contributed by atoms with Crippen LogP contribution in [0.2, 0.25) is 0 Å². The first kappa shape index (κ1) is 25.1. The van der Waals surface area contributed by atoms with Gasteiger partial charge in [-0.05, 0) is 0 Å². The van der Waals surface area contributed by atoms with Crippen molar-refractivity contribution in [3.63, 3.8) is 0 Å². The van der Waals surface area contributed by atoms with Crippen LogP contribution in [-0.4, -0.2) is 11.1 Å². The number of carboxylic acids is 1. The molecule has 0 heterocycles. The Hall–Kier alpha value is -0.234. The maximum atomic E-state index is 9.19. The second-order valence-corrected chi connectivity index (χ2v) is 0.505. The van der Waals surface area contributed by atoms with Gasteiger partial charge in [-0.3, -0.25) is 4.79 Å². The average molecular weight is 164 g/mol. The predicted molar refractivity (Wildman–Crippen MR) is 27.8 cm³/mol. The zero-order chi connectivity index (χ0) is 4.28. The van der Waals surface area contributed by atoms with E-state index in [0.29, 0.717) is 6.54 Å². The van der Waals surface area contributed by atoms with Crippen LogP contribution < -0.4 is 5.73 Å². The van der Waals surface area contributed by atoms with Crippen LogP contribution in [0.4, 0.5) is 0 Å². The Bertz CT molecular complexity index is 50.5. The molecule has 4 nitrogen and oxygen atoms in total. The number of hydrogen-bond acceptors (Lipinski definition) is 2.